The SMILES string of the molecule is CC(C)NCCc1nc(-c2ccc3c(c2)OCO3)cs1. The molecule has 0 saturated heterocycles. The van der Waals surface area contributed by atoms with Crippen molar-refractivity contribution in [2.75, 3.05) is 13.3 Å². The van der Waals surface area contributed by atoms with Crippen LogP contribution in [0.3, 0.4) is 0 Å². The molecule has 0 atom stereocenters. The van der Waals surface area contributed by atoms with Crippen LogP contribution in [0.25, 0.3) is 11.3 Å². The van der Waals surface area contributed by atoms with Gasteiger partial charge in [0.15, 0.2) is 11.5 Å². The molecular formula is C15H18N2O2S. The number of thiazole rings is 1. The molecule has 3 rings (SSSR count). The summed E-state index contributed by atoms with van der Waals surface area (Å²) < 4.78 is 10.7. The van der Waals surface area contributed by atoms with Gasteiger partial charge >= 0.3 is 0 Å². The van der Waals surface area contributed by atoms with E-state index in [0.29, 0.717) is 12.8 Å². The van der Waals surface area contributed by atoms with Crippen LogP contribution in [0, 0.1) is 0 Å². The third-order valence-electron chi connectivity index (χ3n) is 3.11. The Morgan fingerprint density at radius 1 is 1.30 bits per heavy atom. The number of aromatic nitrogens is 1. The molecule has 1 aromatic heterocycles. The maximum atomic E-state index is 5.40. The Kier molecular flexibility index (Phi) is 3.89. The lowest BCUT2D eigenvalue weighted by Gasteiger charge is -2.05. The van der Waals surface area contributed by atoms with E-state index in [2.05, 4.69) is 29.5 Å². The van der Waals surface area contributed by atoms with Gasteiger partial charge in [0.25, 0.3) is 0 Å². The molecule has 1 aromatic carbocycles. The number of ether oxygens (including phenoxy) is 2. The van der Waals surface area contributed by atoms with Crippen LogP contribution < -0.4 is 14.8 Å². The standard InChI is InChI=1S/C15H18N2O2S/c1-10(2)16-6-5-15-17-12(8-20-15)11-3-4-13-14(7-11)19-9-18-13/h3-4,7-8,10,16H,5-6,9H2,1-2H3. The van der Waals surface area contributed by atoms with E-state index in [0.717, 1.165) is 40.7 Å². The zero-order chi connectivity index (χ0) is 13.9. The first-order chi connectivity index (χ1) is 9.72. The lowest BCUT2D eigenvalue weighted by atomic mass is 10.1. The third-order valence-corrected chi connectivity index (χ3v) is 4.02. The van der Waals surface area contributed by atoms with Crippen molar-refractivity contribution < 1.29 is 9.47 Å². The zero-order valence-corrected chi connectivity index (χ0v) is 12.5. The fourth-order valence-corrected chi connectivity index (χ4v) is 2.89. The molecular weight excluding hydrogens is 272 g/mol. The van der Waals surface area contributed by atoms with Crippen molar-refractivity contribution in [1.29, 1.82) is 0 Å². The first kappa shape index (κ1) is 13.4. The Morgan fingerprint density at radius 3 is 3.00 bits per heavy atom. The molecule has 0 radical (unpaired) electrons. The Labute approximate surface area is 122 Å². The van der Waals surface area contributed by atoms with Crippen LogP contribution >= 0.6 is 11.3 Å². The summed E-state index contributed by atoms with van der Waals surface area (Å²) in [6.45, 7) is 5.58. The van der Waals surface area contributed by atoms with Crippen LogP contribution in [0.2, 0.25) is 0 Å². The van der Waals surface area contributed by atoms with Gasteiger partial charge in [0.2, 0.25) is 6.79 Å². The molecule has 2 heterocycles. The second kappa shape index (κ2) is 5.81. The summed E-state index contributed by atoms with van der Waals surface area (Å²) in [5.41, 5.74) is 2.08. The highest BCUT2D eigenvalue weighted by Gasteiger charge is 2.15. The number of hydrogen-bond acceptors (Lipinski definition) is 5. The highest BCUT2D eigenvalue weighted by molar-refractivity contribution is 7.09. The summed E-state index contributed by atoms with van der Waals surface area (Å²) in [6, 6.07) is 6.48. The van der Waals surface area contributed by atoms with E-state index < -0.39 is 0 Å². The van der Waals surface area contributed by atoms with Gasteiger partial charge in [-0.15, -0.1) is 11.3 Å². The van der Waals surface area contributed by atoms with E-state index in [1.54, 1.807) is 11.3 Å². The number of rotatable bonds is 5. The predicted molar refractivity (Wildman–Crippen MR) is 80.5 cm³/mol. The van der Waals surface area contributed by atoms with E-state index in [1.807, 2.05) is 18.2 Å². The topological polar surface area (TPSA) is 43.4 Å². The molecule has 1 aliphatic rings. The maximum Gasteiger partial charge on any atom is 0.231 e. The first-order valence-corrected chi connectivity index (χ1v) is 7.68. The molecule has 4 nitrogen and oxygen atoms in total. The van der Waals surface area contributed by atoms with E-state index in [-0.39, 0.29) is 0 Å². The van der Waals surface area contributed by atoms with Gasteiger partial charge in [-0.1, -0.05) is 13.8 Å². The van der Waals surface area contributed by atoms with Gasteiger partial charge in [0.1, 0.15) is 0 Å². The predicted octanol–water partition coefficient (Wildman–Crippen LogP) is 3.08. The van der Waals surface area contributed by atoms with Crippen molar-refractivity contribution in [3.63, 3.8) is 0 Å². The Hall–Kier alpha value is -1.59. The van der Waals surface area contributed by atoms with Crippen LogP contribution in [0.15, 0.2) is 23.6 Å². The minimum Gasteiger partial charge on any atom is -0.454 e. The third kappa shape index (κ3) is 2.94. The van der Waals surface area contributed by atoms with Crippen molar-refractivity contribution in [2.24, 2.45) is 0 Å². The monoisotopic (exact) mass is 290 g/mol. The number of nitrogens with one attached hydrogen (secondary N) is 1. The van der Waals surface area contributed by atoms with E-state index in [1.165, 1.54) is 0 Å². The number of fused-ring (bicyclic) bond motifs is 1. The summed E-state index contributed by atoms with van der Waals surface area (Å²) in [4.78, 5) is 4.68. The molecule has 0 aliphatic carbocycles. The minimum atomic E-state index is 0.308. The molecule has 1 aliphatic heterocycles. The first-order valence-electron chi connectivity index (χ1n) is 6.80. The molecule has 0 spiro atoms. The van der Waals surface area contributed by atoms with Gasteiger partial charge in [-0.3, -0.25) is 0 Å². The van der Waals surface area contributed by atoms with Crippen molar-refractivity contribution in [3.05, 3.63) is 28.6 Å². The van der Waals surface area contributed by atoms with Crippen molar-refractivity contribution in [1.82, 2.24) is 10.3 Å². The maximum absolute atomic E-state index is 5.40. The molecule has 0 amide bonds. The lowest BCUT2D eigenvalue weighted by Crippen LogP contribution is -2.24. The van der Waals surface area contributed by atoms with Crippen LogP contribution in [0.1, 0.15) is 18.9 Å². The van der Waals surface area contributed by atoms with Gasteiger partial charge in [0, 0.05) is 30.0 Å². The molecule has 0 saturated carbocycles. The highest BCUT2D eigenvalue weighted by Crippen LogP contribution is 2.36. The fraction of sp³-hybridized carbons (Fsp3) is 0.400. The number of hydrogen-bond donors (Lipinski definition) is 1. The summed E-state index contributed by atoms with van der Waals surface area (Å²) >= 11 is 1.71. The van der Waals surface area contributed by atoms with Gasteiger partial charge < -0.3 is 14.8 Å². The average Bonchev–Trinajstić information content (AvgIpc) is 3.05. The van der Waals surface area contributed by atoms with Crippen LogP contribution in [0.5, 0.6) is 11.5 Å². The van der Waals surface area contributed by atoms with Gasteiger partial charge in [-0.05, 0) is 18.2 Å². The molecule has 20 heavy (non-hydrogen) atoms. The fourth-order valence-electron chi connectivity index (χ4n) is 2.08. The molecule has 0 bridgehead atoms. The molecule has 106 valence electrons. The van der Waals surface area contributed by atoms with E-state index in [4.69, 9.17) is 9.47 Å². The van der Waals surface area contributed by atoms with Crippen LogP contribution in [0.4, 0.5) is 0 Å². The van der Waals surface area contributed by atoms with Crippen LogP contribution in [-0.2, 0) is 6.42 Å². The molecule has 2 aromatic rings. The zero-order valence-electron chi connectivity index (χ0n) is 11.7. The van der Waals surface area contributed by atoms with Gasteiger partial charge in [-0.2, -0.15) is 0 Å². The Morgan fingerprint density at radius 2 is 2.15 bits per heavy atom. The minimum absolute atomic E-state index is 0.308. The molecule has 1 N–H and O–H groups in total. The van der Waals surface area contributed by atoms with E-state index >= 15 is 0 Å². The van der Waals surface area contributed by atoms with Gasteiger partial charge in [0.05, 0.1) is 10.7 Å². The largest absolute Gasteiger partial charge is 0.454 e. The smallest absolute Gasteiger partial charge is 0.231 e. The van der Waals surface area contributed by atoms with Crippen molar-refractivity contribution in [2.45, 2.75) is 26.3 Å². The molecule has 0 fully saturated rings. The van der Waals surface area contributed by atoms with Crippen molar-refractivity contribution >= 4 is 11.3 Å². The van der Waals surface area contributed by atoms with Crippen LogP contribution in [-0.4, -0.2) is 24.4 Å². The summed E-state index contributed by atoms with van der Waals surface area (Å²) in [5.74, 6) is 1.61. The molecule has 0 unspecified atom stereocenters. The Balaban J connectivity index is 1.70. The van der Waals surface area contributed by atoms with Gasteiger partial charge in [-0.25, -0.2) is 4.98 Å². The summed E-state index contributed by atoms with van der Waals surface area (Å²) in [5, 5.41) is 6.66. The second-order valence-corrected chi connectivity index (χ2v) is 6.00. The Bertz CT molecular complexity index is 595. The lowest BCUT2D eigenvalue weighted by molar-refractivity contribution is 0.174. The second-order valence-electron chi connectivity index (χ2n) is 5.05. The quantitative estimate of drug-likeness (QED) is 0.919. The number of benzene rings is 1. The highest BCUT2D eigenvalue weighted by atomic mass is 32.1. The normalized spacial score (nSPS) is 13.2. The number of nitrogens with zero attached hydrogens (tertiary/aromatic N) is 1. The summed E-state index contributed by atoms with van der Waals surface area (Å²) in [7, 11) is 0. The molecule has 5 heteroatoms. The summed E-state index contributed by atoms with van der Waals surface area (Å²) in [6.07, 6.45) is 0.966. The van der Waals surface area contributed by atoms with Crippen molar-refractivity contribution in [3.8, 4) is 22.8 Å². The average molecular weight is 290 g/mol. The van der Waals surface area contributed by atoms with E-state index in [9.17, 15) is 0 Å².